The number of hydrogen-bond donors (Lipinski definition) is 1. The van der Waals surface area contributed by atoms with Crippen LogP contribution >= 0.6 is 0 Å². The van der Waals surface area contributed by atoms with Crippen molar-refractivity contribution in [3.8, 4) is 5.75 Å². The van der Waals surface area contributed by atoms with Gasteiger partial charge in [0, 0.05) is 0 Å². The van der Waals surface area contributed by atoms with Gasteiger partial charge in [0.1, 0.15) is 5.75 Å². The minimum absolute atomic E-state index is 0.857. The lowest BCUT2D eigenvalue weighted by Gasteiger charge is -2.23. The molecule has 2 heteroatoms. The lowest BCUT2D eigenvalue weighted by molar-refractivity contribution is -0.905. The van der Waals surface area contributed by atoms with Gasteiger partial charge in [0.25, 0.3) is 0 Å². The molecule has 1 aliphatic heterocycles. The fourth-order valence-corrected chi connectivity index (χ4v) is 2.60. The molecule has 0 saturated carbocycles. The van der Waals surface area contributed by atoms with Gasteiger partial charge in [-0.25, -0.2) is 0 Å². The Balaban J connectivity index is 1.54. The molecule has 0 unspecified atom stereocenters. The zero-order valence-corrected chi connectivity index (χ0v) is 11.6. The van der Waals surface area contributed by atoms with Gasteiger partial charge in [0.05, 0.1) is 26.2 Å². The number of piperidine rings is 1. The van der Waals surface area contributed by atoms with Gasteiger partial charge in [0.15, 0.2) is 0 Å². The topological polar surface area (TPSA) is 13.7 Å². The van der Waals surface area contributed by atoms with E-state index < -0.39 is 0 Å². The SMILES string of the molecule is Cc1ccc(OCCCC[NH+]2CCCCC2)cc1. The third kappa shape index (κ3) is 4.69. The summed E-state index contributed by atoms with van der Waals surface area (Å²) in [5.41, 5.74) is 1.29. The van der Waals surface area contributed by atoms with Crippen LogP contribution in [0.2, 0.25) is 0 Å². The summed E-state index contributed by atoms with van der Waals surface area (Å²) in [6.07, 6.45) is 6.77. The summed E-state index contributed by atoms with van der Waals surface area (Å²) in [5.74, 6) is 1.01. The molecule has 0 spiro atoms. The van der Waals surface area contributed by atoms with E-state index in [0.717, 1.165) is 12.4 Å². The van der Waals surface area contributed by atoms with Crippen molar-refractivity contribution in [3.63, 3.8) is 0 Å². The number of quaternary nitrogens is 1. The average molecular weight is 248 g/mol. The first kappa shape index (κ1) is 13.4. The quantitative estimate of drug-likeness (QED) is 0.762. The molecule has 1 fully saturated rings. The van der Waals surface area contributed by atoms with Gasteiger partial charge in [0.2, 0.25) is 0 Å². The van der Waals surface area contributed by atoms with Gasteiger partial charge in [-0.05, 0) is 51.2 Å². The number of aryl methyl sites for hydroxylation is 1. The van der Waals surface area contributed by atoms with Crippen LogP contribution in [-0.2, 0) is 0 Å². The first-order valence-electron chi connectivity index (χ1n) is 7.37. The van der Waals surface area contributed by atoms with Crippen molar-refractivity contribution in [1.82, 2.24) is 0 Å². The summed E-state index contributed by atoms with van der Waals surface area (Å²) in [6, 6.07) is 8.33. The Hall–Kier alpha value is -1.02. The van der Waals surface area contributed by atoms with Crippen molar-refractivity contribution < 1.29 is 9.64 Å². The van der Waals surface area contributed by atoms with E-state index in [9.17, 15) is 0 Å². The molecule has 1 N–H and O–H groups in total. The smallest absolute Gasteiger partial charge is 0.119 e. The number of rotatable bonds is 6. The second-order valence-corrected chi connectivity index (χ2v) is 5.43. The maximum absolute atomic E-state index is 5.74. The molecule has 0 radical (unpaired) electrons. The molecule has 0 aromatic heterocycles. The number of benzene rings is 1. The van der Waals surface area contributed by atoms with E-state index in [-0.39, 0.29) is 0 Å². The number of hydrogen-bond acceptors (Lipinski definition) is 1. The molecule has 1 heterocycles. The summed E-state index contributed by atoms with van der Waals surface area (Å²) >= 11 is 0. The van der Waals surface area contributed by atoms with E-state index in [4.69, 9.17) is 4.74 Å². The first-order chi connectivity index (χ1) is 8.84. The van der Waals surface area contributed by atoms with Crippen molar-refractivity contribution >= 4 is 0 Å². The summed E-state index contributed by atoms with van der Waals surface area (Å²) in [7, 11) is 0. The molecule has 18 heavy (non-hydrogen) atoms. The highest BCUT2D eigenvalue weighted by Gasteiger charge is 2.12. The van der Waals surface area contributed by atoms with Crippen molar-refractivity contribution in [2.24, 2.45) is 0 Å². The summed E-state index contributed by atoms with van der Waals surface area (Å²) < 4.78 is 5.74. The van der Waals surface area contributed by atoms with Crippen LogP contribution in [-0.4, -0.2) is 26.2 Å². The molecule has 0 atom stereocenters. The molecule has 1 aromatic rings. The van der Waals surface area contributed by atoms with E-state index in [1.807, 2.05) is 0 Å². The van der Waals surface area contributed by atoms with Crippen molar-refractivity contribution in [2.45, 2.75) is 39.0 Å². The molecular formula is C16H26NO+. The number of ether oxygens (including phenoxy) is 1. The Labute approximate surface area is 111 Å². The predicted octanol–water partition coefficient (Wildman–Crippen LogP) is 2.22. The van der Waals surface area contributed by atoms with E-state index in [1.165, 1.54) is 57.3 Å². The monoisotopic (exact) mass is 248 g/mol. The number of nitrogens with one attached hydrogen (secondary N) is 1. The fraction of sp³-hybridized carbons (Fsp3) is 0.625. The molecule has 1 saturated heterocycles. The van der Waals surface area contributed by atoms with Crippen LogP contribution in [0, 0.1) is 6.92 Å². The molecule has 1 aromatic carbocycles. The lowest BCUT2D eigenvalue weighted by Crippen LogP contribution is -3.12. The highest BCUT2D eigenvalue weighted by molar-refractivity contribution is 5.26. The molecule has 0 bridgehead atoms. The average Bonchev–Trinajstić information content (AvgIpc) is 2.42. The highest BCUT2D eigenvalue weighted by atomic mass is 16.5. The summed E-state index contributed by atoms with van der Waals surface area (Å²) in [5, 5.41) is 0. The van der Waals surface area contributed by atoms with E-state index in [2.05, 4.69) is 31.2 Å². The summed E-state index contributed by atoms with van der Waals surface area (Å²) in [4.78, 5) is 1.80. The molecular weight excluding hydrogens is 222 g/mol. The standard InChI is InChI=1S/C16H25NO/c1-15-7-9-16(10-8-15)18-14-6-5-13-17-11-3-2-4-12-17/h7-10H,2-6,11-14H2,1H3/p+1. The molecule has 0 aliphatic carbocycles. The first-order valence-corrected chi connectivity index (χ1v) is 7.37. The lowest BCUT2D eigenvalue weighted by atomic mass is 10.1. The predicted molar refractivity (Wildman–Crippen MR) is 75.3 cm³/mol. The van der Waals surface area contributed by atoms with Crippen LogP contribution in [0.25, 0.3) is 0 Å². The Bertz CT molecular complexity index is 327. The fourth-order valence-electron chi connectivity index (χ4n) is 2.60. The van der Waals surface area contributed by atoms with E-state index in [1.54, 1.807) is 4.90 Å². The Morgan fingerprint density at radius 1 is 1.00 bits per heavy atom. The van der Waals surface area contributed by atoms with Crippen LogP contribution in [0.4, 0.5) is 0 Å². The van der Waals surface area contributed by atoms with Gasteiger partial charge >= 0.3 is 0 Å². The number of unbranched alkanes of at least 4 members (excludes halogenated alkanes) is 1. The Morgan fingerprint density at radius 3 is 2.44 bits per heavy atom. The van der Waals surface area contributed by atoms with Crippen molar-refractivity contribution in [1.29, 1.82) is 0 Å². The number of likely N-dealkylation sites (tertiary alicyclic amines) is 1. The van der Waals surface area contributed by atoms with Crippen LogP contribution in [0.3, 0.4) is 0 Å². The van der Waals surface area contributed by atoms with E-state index >= 15 is 0 Å². The van der Waals surface area contributed by atoms with Crippen LogP contribution in [0.5, 0.6) is 5.75 Å². The normalized spacial score (nSPS) is 16.7. The molecule has 2 nitrogen and oxygen atoms in total. The molecule has 1 aliphatic rings. The van der Waals surface area contributed by atoms with E-state index in [0.29, 0.717) is 0 Å². The Kier molecular flexibility index (Phi) is 5.53. The molecule has 0 amide bonds. The minimum Gasteiger partial charge on any atom is -0.494 e. The highest BCUT2D eigenvalue weighted by Crippen LogP contribution is 2.11. The largest absolute Gasteiger partial charge is 0.494 e. The van der Waals surface area contributed by atoms with Gasteiger partial charge in [-0.3, -0.25) is 0 Å². The zero-order valence-electron chi connectivity index (χ0n) is 11.6. The van der Waals surface area contributed by atoms with Crippen LogP contribution < -0.4 is 9.64 Å². The van der Waals surface area contributed by atoms with Crippen molar-refractivity contribution in [3.05, 3.63) is 29.8 Å². The van der Waals surface area contributed by atoms with Crippen LogP contribution in [0.1, 0.15) is 37.7 Å². The van der Waals surface area contributed by atoms with Crippen LogP contribution in [0.15, 0.2) is 24.3 Å². The Morgan fingerprint density at radius 2 is 1.72 bits per heavy atom. The maximum Gasteiger partial charge on any atom is 0.119 e. The van der Waals surface area contributed by atoms with Crippen molar-refractivity contribution in [2.75, 3.05) is 26.2 Å². The zero-order chi connectivity index (χ0) is 12.6. The minimum atomic E-state index is 0.857. The molecule has 2 rings (SSSR count). The maximum atomic E-state index is 5.74. The van der Waals surface area contributed by atoms with Gasteiger partial charge in [-0.2, -0.15) is 0 Å². The second kappa shape index (κ2) is 7.42. The van der Waals surface area contributed by atoms with Gasteiger partial charge in [-0.15, -0.1) is 0 Å². The molecule has 100 valence electrons. The summed E-state index contributed by atoms with van der Waals surface area (Å²) in [6.45, 7) is 7.07. The second-order valence-electron chi connectivity index (χ2n) is 5.43. The van der Waals surface area contributed by atoms with Gasteiger partial charge < -0.3 is 9.64 Å². The third-order valence-corrected chi connectivity index (χ3v) is 3.78. The van der Waals surface area contributed by atoms with Gasteiger partial charge in [-0.1, -0.05) is 17.7 Å². The third-order valence-electron chi connectivity index (χ3n) is 3.78.